The van der Waals surface area contributed by atoms with E-state index in [9.17, 15) is 14.4 Å². The molecule has 0 saturated carbocycles. The molecule has 0 aliphatic carbocycles. The molecule has 0 aromatic rings. The highest BCUT2D eigenvalue weighted by molar-refractivity contribution is 5.71. The van der Waals surface area contributed by atoms with Crippen molar-refractivity contribution in [1.82, 2.24) is 0 Å². The molecule has 0 radical (unpaired) electrons. The predicted molar refractivity (Wildman–Crippen MR) is 297 cm³/mol. The third kappa shape index (κ3) is 55.1. The SMILES string of the molecule is CCCCC/C=C\C/C=C\C/C=C\CCCCC(=O)O[C@@H](COC(=O)CCC/C=C\C/C=C\C/C=C\CCCCCCCC)COC(=O)CCCCCCCCCCC/C=C\C/C=C\CCCCC. The first-order valence-corrected chi connectivity index (χ1v) is 28.7. The Morgan fingerprint density at radius 1 is 0.290 bits per heavy atom. The van der Waals surface area contributed by atoms with Gasteiger partial charge in [-0.3, -0.25) is 14.4 Å². The lowest BCUT2D eigenvalue weighted by atomic mass is 10.1. The summed E-state index contributed by atoms with van der Waals surface area (Å²) in [5, 5.41) is 0. The van der Waals surface area contributed by atoms with Crippen LogP contribution in [0.2, 0.25) is 0 Å². The van der Waals surface area contributed by atoms with Crippen LogP contribution in [0.25, 0.3) is 0 Å². The zero-order chi connectivity index (χ0) is 50.0. The number of hydrogen-bond donors (Lipinski definition) is 0. The van der Waals surface area contributed by atoms with Gasteiger partial charge in [0.15, 0.2) is 6.10 Å². The zero-order valence-corrected chi connectivity index (χ0v) is 45.0. The molecule has 0 spiro atoms. The van der Waals surface area contributed by atoms with Gasteiger partial charge in [0.25, 0.3) is 0 Å². The molecule has 0 fully saturated rings. The molecule has 0 aromatic carbocycles. The van der Waals surface area contributed by atoms with Crippen molar-refractivity contribution in [3.05, 3.63) is 97.2 Å². The maximum absolute atomic E-state index is 12.8. The van der Waals surface area contributed by atoms with Gasteiger partial charge in [-0.25, -0.2) is 0 Å². The number of allylic oxidation sites excluding steroid dienone is 16. The van der Waals surface area contributed by atoms with Gasteiger partial charge >= 0.3 is 17.9 Å². The first-order valence-electron chi connectivity index (χ1n) is 28.7. The number of ether oxygens (including phenoxy) is 3. The van der Waals surface area contributed by atoms with E-state index in [1.807, 2.05) is 0 Å². The second kappa shape index (κ2) is 56.9. The third-order valence-electron chi connectivity index (χ3n) is 12.0. The van der Waals surface area contributed by atoms with Crippen molar-refractivity contribution in [3.63, 3.8) is 0 Å². The number of hydrogen-bond acceptors (Lipinski definition) is 6. The second-order valence-electron chi connectivity index (χ2n) is 18.8. The zero-order valence-electron chi connectivity index (χ0n) is 45.0. The molecule has 0 bridgehead atoms. The summed E-state index contributed by atoms with van der Waals surface area (Å²) < 4.78 is 16.8. The quantitative estimate of drug-likeness (QED) is 0.0262. The van der Waals surface area contributed by atoms with E-state index < -0.39 is 6.10 Å². The van der Waals surface area contributed by atoms with E-state index in [0.717, 1.165) is 70.6 Å². The number of carbonyl (C=O) groups excluding carboxylic acids is 3. The summed E-state index contributed by atoms with van der Waals surface area (Å²) in [4.78, 5) is 38.1. The highest BCUT2D eigenvalue weighted by Gasteiger charge is 2.19. The largest absolute Gasteiger partial charge is 0.462 e. The smallest absolute Gasteiger partial charge is 0.306 e. The molecule has 0 N–H and O–H groups in total. The van der Waals surface area contributed by atoms with Crippen LogP contribution in [-0.4, -0.2) is 37.2 Å². The molecule has 69 heavy (non-hydrogen) atoms. The summed E-state index contributed by atoms with van der Waals surface area (Å²) >= 11 is 0. The van der Waals surface area contributed by atoms with Crippen LogP contribution in [0.4, 0.5) is 0 Å². The highest BCUT2D eigenvalue weighted by Crippen LogP contribution is 2.14. The molecule has 0 unspecified atom stereocenters. The Labute approximate surface area is 426 Å². The Hall–Kier alpha value is -3.67. The topological polar surface area (TPSA) is 78.9 Å². The van der Waals surface area contributed by atoms with E-state index in [1.165, 1.54) is 141 Å². The standard InChI is InChI=1S/C63H106O6/c1-4-7-10-13-16-19-22-25-28-30-31-33-36-38-41-44-47-50-53-56-62(65)68-59-60(69-63(66)57-54-51-48-45-42-39-34-27-24-21-18-15-12-9-6-3)58-67-61(64)55-52-49-46-43-40-37-35-32-29-26-23-20-17-14-11-8-5-2/h16,18-19,21,25-29,34-35,37,42-43,45-46,60H,4-15,17,20,22-24,30-33,36,38-41,44,47-59H2,1-3H3/b19-16-,21-18-,28-25-,29-26-,34-27-,37-35-,45-42-,46-43-/t60-/m0/s1. The average Bonchev–Trinajstić information content (AvgIpc) is 3.35. The van der Waals surface area contributed by atoms with Crippen LogP contribution in [0.15, 0.2) is 97.2 Å². The fourth-order valence-electron chi connectivity index (χ4n) is 7.67. The summed E-state index contributed by atoms with van der Waals surface area (Å²) in [5.41, 5.74) is 0. The molecule has 0 aliphatic heterocycles. The Morgan fingerprint density at radius 2 is 0.536 bits per heavy atom. The Balaban J connectivity index is 4.50. The normalized spacial score (nSPS) is 12.8. The van der Waals surface area contributed by atoms with Crippen LogP contribution < -0.4 is 0 Å². The molecule has 1 atom stereocenters. The third-order valence-corrected chi connectivity index (χ3v) is 12.0. The van der Waals surface area contributed by atoms with Crippen LogP contribution in [0.5, 0.6) is 0 Å². The van der Waals surface area contributed by atoms with E-state index in [4.69, 9.17) is 14.2 Å². The van der Waals surface area contributed by atoms with Gasteiger partial charge in [-0.05, 0) is 122 Å². The molecule has 0 saturated heterocycles. The van der Waals surface area contributed by atoms with Gasteiger partial charge in [-0.1, -0.05) is 221 Å². The molecule has 0 rings (SSSR count). The Kier molecular flexibility index (Phi) is 53.9. The maximum atomic E-state index is 12.8. The number of unbranched alkanes of at least 4 members (excludes halogenated alkanes) is 24. The van der Waals surface area contributed by atoms with Crippen LogP contribution >= 0.6 is 0 Å². The van der Waals surface area contributed by atoms with E-state index in [-0.39, 0.29) is 44.0 Å². The Morgan fingerprint density at radius 3 is 0.928 bits per heavy atom. The van der Waals surface area contributed by atoms with Crippen molar-refractivity contribution in [1.29, 1.82) is 0 Å². The van der Waals surface area contributed by atoms with Gasteiger partial charge < -0.3 is 14.2 Å². The summed E-state index contributed by atoms with van der Waals surface area (Å²) in [7, 11) is 0. The molecule has 394 valence electrons. The summed E-state index contributed by atoms with van der Waals surface area (Å²) in [5.74, 6) is -1.01. The van der Waals surface area contributed by atoms with Gasteiger partial charge in [-0.2, -0.15) is 0 Å². The fourth-order valence-corrected chi connectivity index (χ4v) is 7.67. The van der Waals surface area contributed by atoms with Crippen molar-refractivity contribution in [2.24, 2.45) is 0 Å². The number of rotatable bonds is 51. The molecular formula is C63H106O6. The monoisotopic (exact) mass is 959 g/mol. The Bertz CT molecular complexity index is 1380. The summed E-state index contributed by atoms with van der Waals surface area (Å²) in [6, 6.07) is 0. The molecule has 6 heteroatoms. The van der Waals surface area contributed by atoms with Crippen molar-refractivity contribution >= 4 is 17.9 Å². The second-order valence-corrected chi connectivity index (χ2v) is 18.8. The van der Waals surface area contributed by atoms with Crippen molar-refractivity contribution < 1.29 is 28.6 Å². The van der Waals surface area contributed by atoms with E-state index in [1.54, 1.807) is 0 Å². The minimum atomic E-state index is -0.821. The first-order chi connectivity index (χ1) is 34.0. The van der Waals surface area contributed by atoms with Gasteiger partial charge in [0.2, 0.25) is 0 Å². The predicted octanol–water partition coefficient (Wildman–Crippen LogP) is 19.3. The minimum Gasteiger partial charge on any atom is -0.462 e. The van der Waals surface area contributed by atoms with Crippen molar-refractivity contribution in [2.75, 3.05) is 13.2 Å². The van der Waals surface area contributed by atoms with Gasteiger partial charge in [0.05, 0.1) is 0 Å². The molecule has 6 nitrogen and oxygen atoms in total. The fraction of sp³-hybridized carbons (Fsp3) is 0.698. The van der Waals surface area contributed by atoms with E-state index in [2.05, 4.69) is 118 Å². The number of carbonyl (C=O) groups is 3. The van der Waals surface area contributed by atoms with E-state index >= 15 is 0 Å². The molecule has 0 aromatic heterocycles. The first kappa shape index (κ1) is 65.3. The van der Waals surface area contributed by atoms with Crippen LogP contribution in [0.1, 0.15) is 265 Å². The molecular weight excluding hydrogens is 853 g/mol. The van der Waals surface area contributed by atoms with Crippen LogP contribution in [0.3, 0.4) is 0 Å². The minimum absolute atomic E-state index is 0.111. The maximum Gasteiger partial charge on any atom is 0.306 e. The molecule has 0 heterocycles. The van der Waals surface area contributed by atoms with Crippen LogP contribution in [0, 0.1) is 0 Å². The van der Waals surface area contributed by atoms with Gasteiger partial charge in [-0.15, -0.1) is 0 Å². The lowest BCUT2D eigenvalue weighted by molar-refractivity contribution is -0.167. The summed E-state index contributed by atoms with van der Waals surface area (Å²) in [6.07, 6.45) is 75.4. The van der Waals surface area contributed by atoms with Crippen molar-refractivity contribution in [3.8, 4) is 0 Å². The number of esters is 3. The lowest BCUT2D eigenvalue weighted by Gasteiger charge is -2.18. The average molecular weight is 960 g/mol. The highest BCUT2D eigenvalue weighted by atomic mass is 16.6. The molecule has 0 amide bonds. The van der Waals surface area contributed by atoms with E-state index in [0.29, 0.717) is 19.3 Å². The molecule has 0 aliphatic rings. The lowest BCUT2D eigenvalue weighted by Crippen LogP contribution is -2.30. The van der Waals surface area contributed by atoms with Gasteiger partial charge in [0, 0.05) is 19.3 Å². The van der Waals surface area contributed by atoms with Gasteiger partial charge in [0.1, 0.15) is 13.2 Å². The summed E-state index contributed by atoms with van der Waals surface area (Å²) in [6.45, 7) is 6.50. The van der Waals surface area contributed by atoms with Crippen LogP contribution in [-0.2, 0) is 28.6 Å². The van der Waals surface area contributed by atoms with Crippen molar-refractivity contribution in [2.45, 2.75) is 271 Å².